The molecule has 1 heterocycles. The van der Waals surface area contributed by atoms with Gasteiger partial charge in [-0.15, -0.1) is 0 Å². The maximum atomic E-state index is 12.1. The van der Waals surface area contributed by atoms with Crippen LogP contribution >= 0.6 is 15.9 Å². The molecule has 2 rings (SSSR count). The standard InChI is InChI=1S/C15H19BrN2O3/c1-11(19)17-7-6-15(20)18-8-9-21-14(10-18)12-2-4-13(16)5-3-12/h2-5,14H,6-10H2,1H3,(H,17,19). The highest BCUT2D eigenvalue weighted by atomic mass is 79.9. The average molecular weight is 355 g/mol. The Morgan fingerprint density at radius 1 is 1.38 bits per heavy atom. The van der Waals surface area contributed by atoms with Crippen molar-refractivity contribution < 1.29 is 14.3 Å². The molecule has 1 atom stereocenters. The average Bonchev–Trinajstić information content (AvgIpc) is 2.47. The number of nitrogens with one attached hydrogen (secondary N) is 1. The number of amides is 2. The van der Waals surface area contributed by atoms with Gasteiger partial charge in [0.1, 0.15) is 6.10 Å². The third-order valence-corrected chi connectivity index (χ3v) is 3.90. The van der Waals surface area contributed by atoms with Gasteiger partial charge >= 0.3 is 0 Å². The summed E-state index contributed by atoms with van der Waals surface area (Å²) in [5.74, 6) is -0.0633. The summed E-state index contributed by atoms with van der Waals surface area (Å²) in [7, 11) is 0. The van der Waals surface area contributed by atoms with Gasteiger partial charge in [0.2, 0.25) is 11.8 Å². The topological polar surface area (TPSA) is 58.6 Å². The number of rotatable bonds is 4. The van der Waals surface area contributed by atoms with Gasteiger partial charge in [0.25, 0.3) is 0 Å². The first-order valence-corrected chi connectivity index (χ1v) is 7.75. The summed E-state index contributed by atoms with van der Waals surface area (Å²) < 4.78 is 6.77. The summed E-state index contributed by atoms with van der Waals surface area (Å²) in [6.07, 6.45) is 0.240. The predicted molar refractivity (Wildman–Crippen MR) is 82.7 cm³/mol. The first-order valence-electron chi connectivity index (χ1n) is 6.95. The summed E-state index contributed by atoms with van der Waals surface area (Å²) in [6.45, 7) is 3.52. The van der Waals surface area contributed by atoms with Crippen molar-refractivity contribution in [2.24, 2.45) is 0 Å². The first-order chi connectivity index (χ1) is 10.1. The lowest BCUT2D eigenvalue weighted by atomic mass is 10.1. The Hall–Kier alpha value is -1.40. The highest BCUT2D eigenvalue weighted by Crippen LogP contribution is 2.24. The van der Waals surface area contributed by atoms with Gasteiger partial charge < -0.3 is 15.0 Å². The molecule has 1 aromatic rings. The van der Waals surface area contributed by atoms with Gasteiger partial charge in [0, 0.05) is 30.9 Å². The Morgan fingerprint density at radius 3 is 2.76 bits per heavy atom. The number of halogens is 1. The lowest BCUT2D eigenvalue weighted by Gasteiger charge is -2.33. The number of hydrogen-bond donors (Lipinski definition) is 1. The van der Waals surface area contributed by atoms with E-state index in [9.17, 15) is 9.59 Å². The van der Waals surface area contributed by atoms with E-state index >= 15 is 0 Å². The number of carbonyl (C=O) groups excluding carboxylic acids is 2. The molecule has 21 heavy (non-hydrogen) atoms. The minimum atomic E-state index is -0.113. The van der Waals surface area contributed by atoms with Crippen LogP contribution in [0, 0.1) is 0 Å². The molecule has 0 aliphatic carbocycles. The van der Waals surface area contributed by atoms with E-state index in [1.807, 2.05) is 24.3 Å². The van der Waals surface area contributed by atoms with Crippen LogP contribution in [0.25, 0.3) is 0 Å². The Kier molecular flexibility index (Phi) is 5.76. The quantitative estimate of drug-likeness (QED) is 0.897. The summed E-state index contributed by atoms with van der Waals surface area (Å²) in [6, 6.07) is 7.94. The van der Waals surface area contributed by atoms with Gasteiger partial charge in [-0.1, -0.05) is 28.1 Å². The number of ether oxygens (including phenoxy) is 1. The second-order valence-corrected chi connectivity index (χ2v) is 5.90. The number of benzene rings is 1. The van der Waals surface area contributed by atoms with Crippen molar-refractivity contribution in [3.8, 4) is 0 Å². The minimum Gasteiger partial charge on any atom is -0.370 e. The molecular weight excluding hydrogens is 336 g/mol. The SMILES string of the molecule is CC(=O)NCCC(=O)N1CCOC(c2ccc(Br)cc2)C1. The summed E-state index contributed by atoms with van der Waals surface area (Å²) in [5, 5.41) is 2.64. The Morgan fingerprint density at radius 2 is 2.10 bits per heavy atom. The summed E-state index contributed by atoms with van der Waals surface area (Å²) in [4.78, 5) is 24.7. The minimum absolute atomic E-state index is 0.0501. The lowest BCUT2D eigenvalue weighted by molar-refractivity contribution is -0.139. The van der Waals surface area contributed by atoms with E-state index in [-0.39, 0.29) is 17.9 Å². The molecule has 1 unspecified atom stereocenters. The monoisotopic (exact) mass is 354 g/mol. The van der Waals surface area contributed by atoms with Gasteiger partial charge in [0.15, 0.2) is 0 Å². The molecule has 2 amide bonds. The fourth-order valence-electron chi connectivity index (χ4n) is 2.26. The van der Waals surface area contributed by atoms with Gasteiger partial charge in [-0.25, -0.2) is 0 Å². The van der Waals surface area contributed by atoms with E-state index in [0.29, 0.717) is 32.7 Å². The van der Waals surface area contributed by atoms with Crippen LogP contribution in [-0.2, 0) is 14.3 Å². The van der Waals surface area contributed by atoms with Crippen molar-refractivity contribution >= 4 is 27.7 Å². The molecule has 5 nitrogen and oxygen atoms in total. The molecule has 0 spiro atoms. The van der Waals surface area contributed by atoms with E-state index in [4.69, 9.17) is 4.74 Å². The summed E-state index contributed by atoms with van der Waals surface area (Å²) in [5.41, 5.74) is 1.07. The fraction of sp³-hybridized carbons (Fsp3) is 0.467. The Bertz CT molecular complexity index is 504. The molecule has 1 saturated heterocycles. The third-order valence-electron chi connectivity index (χ3n) is 3.37. The van der Waals surface area contributed by atoms with E-state index in [0.717, 1.165) is 10.0 Å². The van der Waals surface area contributed by atoms with Crippen molar-refractivity contribution in [3.63, 3.8) is 0 Å². The van der Waals surface area contributed by atoms with E-state index < -0.39 is 0 Å². The molecule has 0 aromatic heterocycles. The second-order valence-electron chi connectivity index (χ2n) is 4.98. The highest BCUT2D eigenvalue weighted by molar-refractivity contribution is 9.10. The molecule has 1 aromatic carbocycles. The maximum absolute atomic E-state index is 12.1. The van der Waals surface area contributed by atoms with Crippen LogP contribution < -0.4 is 5.32 Å². The smallest absolute Gasteiger partial charge is 0.224 e. The third kappa shape index (κ3) is 4.82. The van der Waals surface area contributed by atoms with Gasteiger partial charge in [-0.2, -0.15) is 0 Å². The number of nitrogens with zero attached hydrogens (tertiary/aromatic N) is 1. The van der Waals surface area contributed by atoms with Gasteiger partial charge in [0.05, 0.1) is 13.2 Å². The van der Waals surface area contributed by atoms with Gasteiger partial charge in [-0.05, 0) is 17.7 Å². The van der Waals surface area contributed by atoms with E-state index in [2.05, 4.69) is 21.2 Å². The van der Waals surface area contributed by atoms with Crippen LogP contribution in [0.1, 0.15) is 25.0 Å². The largest absolute Gasteiger partial charge is 0.370 e. The Labute approximate surface area is 132 Å². The molecule has 1 N–H and O–H groups in total. The van der Waals surface area contributed by atoms with E-state index in [1.54, 1.807) is 4.90 Å². The highest BCUT2D eigenvalue weighted by Gasteiger charge is 2.25. The van der Waals surface area contributed by atoms with Crippen LogP contribution in [-0.4, -0.2) is 43.0 Å². The van der Waals surface area contributed by atoms with Crippen LogP contribution in [0.2, 0.25) is 0 Å². The van der Waals surface area contributed by atoms with Crippen molar-refractivity contribution in [1.82, 2.24) is 10.2 Å². The van der Waals surface area contributed by atoms with E-state index in [1.165, 1.54) is 6.92 Å². The normalized spacial score (nSPS) is 18.4. The Balaban J connectivity index is 1.89. The second kappa shape index (κ2) is 7.56. The zero-order chi connectivity index (χ0) is 15.2. The van der Waals surface area contributed by atoms with Crippen LogP contribution in [0.5, 0.6) is 0 Å². The molecule has 114 valence electrons. The fourth-order valence-corrected chi connectivity index (χ4v) is 2.52. The van der Waals surface area contributed by atoms with Crippen LogP contribution in [0.15, 0.2) is 28.7 Å². The molecule has 1 fully saturated rings. The summed E-state index contributed by atoms with van der Waals surface area (Å²) >= 11 is 3.40. The maximum Gasteiger partial charge on any atom is 0.224 e. The van der Waals surface area contributed by atoms with Crippen molar-refractivity contribution in [2.75, 3.05) is 26.2 Å². The zero-order valence-corrected chi connectivity index (χ0v) is 13.6. The first kappa shape index (κ1) is 16.0. The molecule has 6 heteroatoms. The molecule has 0 bridgehead atoms. The molecule has 1 aliphatic rings. The molecule has 1 aliphatic heterocycles. The zero-order valence-electron chi connectivity index (χ0n) is 12.0. The molecular formula is C15H19BrN2O3. The molecule has 0 saturated carbocycles. The molecule has 0 radical (unpaired) electrons. The van der Waals surface area contributed by atoms with Gasteiger partial charge in [-0.3, -0.25) is 9.59 Å². The van der Waals surface area contributed by atoms with Crippen LogP contribution in [0.4, 0.5) is 0 Å². The number of carbonyl (C=O) groups is 2. The van der Waals surface area contributed by atoms with Crippen molar-refractivity contribution in [2.45, 2.75) is 19.4 Å². The number of morpholine rings is 1. The van der Waals surface area contributed by atoms with Crippen molar-refractivity contribution in [1.29, 1.82) is 0 Å². The van der Waals surface area contributed by atoms with Crippen molar-refractivity contribution in [3.05, 3.63) is 34.3 Å². The number of hydrogen-bond acceptors (Lipinski definition) is 3. The lowest BCUT2D eigenvalue weighted by Crippen LogP contribution is -2.43. The predicted octanol–water partition coefficient (Wildman–Crippen LogP) is 1.88. The van der Waals surface area contributed by atoms with Crippen LogP contribution in [0.3, 0.4) is 0 Å².